The third-order valence-corrected chi connectivity index (χ3v) is 8.47. The summed E-state index contributed by atoms with van der Waals surface area (Å²) in [6.07, 6.45) is 4.61. The minimum atomic E-state index is -0.323. The zero-order valence-corrected chi connectivity index (χ0v) is 20.5. The molecular weight excluding hydrogens is 479 g/mol. The topological polar surface area (TPSA) is 65.5 Å². The Bertz CT molecular complexity index is 1090. The van der Waals surface area contributed by atoms with Gasteiger partial charge in [0.1, 0.15) is 0 Å². The predicted octanol–water partition coefficient (Wildman–Crippen LogP) is 4.32. The number of amides is 2. The number of nitrogens with one attached hydrogen (secondary N) is 1. The number of rotatable bonds is 4. The van der Waals surface area contributed by atoms with Gasteiger partial charge in [-0.3, -0.25) is 29.7 Å². The van der Waals surface area contributed by atoms with E-state index in [0.29, 0.717) is 35.3 Å². The van der Waals surface area contributed by atoms with E-state index < -0.39 is 0 Å². The molecule has 3 aliphatic rings. The van der Waals surface area contributed by atoms with Gasteiger partial charge in [-0.15, -0.1) is 0 Å². The molecule has 2 saturated heterocycles. The number of pyridine rings is 1. The number of carbonyl (C=O) groups is 2. The molecule has 0 bridgehead atoms. The summed E-state index contributed by atoms with van der Waals surface area (Å²) in [6, 6.07) is 7.76. The highest BCUT2D eigenvalue weighted by molar-refractivity contribution is 7.80. The normalized spacial score (nSPS) is 24.7. The smallest absolute Gasteiger partial charge is 0.243 e. The van der Waals surface area contributed by atoms with Crippen LogP contribution in [-0.2, 0) is 22.7 Å². The van der Waals surface area contributed by atoms with E-state index in [2.05, 4.69) is 38.3 Å². The fraction of sp³-hybridized carbons (Fsp3) is 0.458. The van der Waals surface area contributed by atoms with Crippen molar-refractivity contribution in [2.75, 3.05) is 13.1 Å². The Labute approximate surface area is 209 Å². The SMILES string of the molecule is O=C1CCC(N2Cc3c(CN4CCC(c5nccc(Cl)c5Cl)CC4)cccc3C2S)C(=O)N1. The number of piperidine rings is 2. The summed E-state index contributed by atoms with van der Waals surface area (Å²) in [6.45, 7) is 3.45. The highest BCUT2D eigenvalue weighted by Crippen LogP contribution is 2.41. The fourth-order valence-electron chi connectivity index (χ4n) is 5.29. The molecule has 1 aromatic heterocycles. The first-order valence-corrected chi connectivity index (χ1v) is 12.6. The number of thiol groups is 1. The lowest BCUT2D eigenvalue weighted by atomic mass is 9.92. The van der Waals surface area contributed by atoms with Gasteiger partial charge in [-0.1, -0.05) is 41.4 Å². The number of hydrogen-bond acceptors (Lipinski definition) is 6. The van der Waals surface area contributed by atoms with Crippen LogP contribution in [0.1, 0.15) is 59.4 Å². The van der Waals surface area contributed by atoms with Crippen LogP contribution >= 0.6 is 35.8 Å². The number of nitrogens with zero attached hydrogens (tertiary/aromatic N) is 3. The summed E-state index contributed by atoms with van der Waals surface area (Å²) >= 11 is 17.4. The molecule has 1 aromatic carbocycles. The second-order valence-electron chi connectivity index (χ2n) is 9.04. The first-order chi connectivity index (χ1) is 15.9. The minimum absolute atomic E-state index is 0.148. The molecule has 33 heavy (non-hydrogen) atoms. The zero-order chi connectivity index (χ0) is 23.1. The van der Waals surface area contributed by atoms with E-state index in [1.807, 2.05) is 0 Å². The number of halogens is 2. The van der Waals surface area contributed by atoms with Gasteiger partial charge in [0.2, 0.25) is 11.8 Å². The zero-order valence-electron chi connectivity index (χ0n) is 18.1. The number of hydrogen-bond donors (Lipinski definition) is 2. The fourth-order valence-corrected chi connectivity index (χ4v) is 6.19. The number of likely N-dealkylation sites (tertiary alicyclic amines) is 1. The van der Waals surface area contributed by atoms with Crippen LogP contribution < -0.4 is 5.32 Å². The van der Waals surface area contributed by atoms with Gasteiger partial charge in [0.05, 0.1) is 27.2 Å². The van der Waals surface area contributed by atoms with E-state index >= 15 is 0 Å². The van der Waals surface area contributed by atoms with Crippen LogP contribution in [0.3, 0.4) is 0 Å². The highest BCUT2D eigenvalue weighted by atomic mass is 35.5. The molecular formula is C24H26Cl2N4O2S. The van der Waals surface area contributed by atoms with Gasteiger partial charge in [-0.2, -0.15) is 12.6 Å². The third-order valence-electron chi connectivity index (χ3n) is 7.09. The maximum Gasteiger partial charge on any atom is 0.243 e. The molecule has 9 heteroatoms. The van der Waals surface area contributed by atoms with Crippen LogP contribution in [0, 0.1) is 0 Å². The van der Waals surface area contributed by atoms with Crippen molar-refractivity contribution < 1.29 is 9.59 Å². The summed E-state index contributed by atoms with van der Waals surface area (Å²) in [4.78, 5) is 33.1. The van der Waals surface area contributed by atoms with Crippen LogP contribution in [0.2, 0.25) is 10.0 Å². The Morgan fingerprint density at radius 2 is 1.91 bits per heavy atom. The number of carbonyl (C=O) groups excluding carboxylic acids is 2. The number of fused-ring (bicyclic) bond motifs is 1. The van der Waals surface area contributed by atoms with Gasteiger partial charge in [-0.05, 0) is 55.1 Å². The Hall–Kier alpha value is -1.64. The van der Waals surface area contributed by atoms with Crippen molar-refractivity contribution in [3.8, 4) is 0 Å². The van der Waals surface area contributed by atoms with E-state index in [-0.39, 0.29) is 23.2 Å². The summed E-state index contributed by atoms with van der Waals surface area (Å²) in [7, 11) is 0. The van der Waals surface area contributed by atoms with Crippen LogP contribution in [-0.4, -0.2) is 45.7 Å². The van der Waals surface area contributed by atoms with Crippen molar-refractivity contribution in [2.24, 2.45) is 0 Å². The summed E-state index contributed by atoms with van der Waals surface area (Å²) in [5.74, 6) is -0.0872. The van der Waals surface area contributed by atoms with E-state index in [0.717, 1.165) is 43.7 Å². The van der Waals surface area contributed by atoms with Gasteiger partial charge in [0, 0.05) is 31.6 Å². The molecule has 3 aliphatic heterocycles. The predicted molar refractivity (Wildman–Crippen MR) is 131 cm³/mol. The van der Waals surface area contributed by atoms with Crippen LogP contribution in [0.4, 0.5) is 0 Å². The van der Waals surface area contributed by atoms with E-state index in [1.165, 1.54) is 11.1 Å². The Morgan fingerprint density at radius 3 is 2.67 bits per heavy atom. The molecule has 4 heterocycles. The molecule has 6 nitrogen and oxygen atoms in total. The van der Waals surface area contributed by atoms with Gasteiger partial charge < -0.3 is 0 Å². The molecule has 2 atom stereocenters. The summed E-state index contributed by atoms with van der Waals surface area (Å²) < 4.78 is 0. The minimum Gasteiger partial charge on any atom is -0.299 e. The maximum atomic E-state index is 12.4. The second kappa shape index (κ2) is 9.55. The molecule has 2 unspecified atom stereocenters. The van der Waals surface area contributed by atoms with Crippen molar-refractivity contribution in [3.05, 3.63) is 62.9 Å². The molecule has 0 radical (unpaired) electrons. The van der Waals surface area contributed by atoms with Crippen LogP contribution in [0.5, 0.6) is 0 Å². The molecule has 0 saturated carbocycles. The summed E-state index contributed by atoms with van der Waals surface area (Å²) in [5.41, 5.74) is 4.59. The average molecular weight is 505 g/mol. The average Bonchev–Trinajstić information content (AvgIpc) is 3.14. The van der Waals surface area contributed by atoms with Gasteiger partial charge in [-0.25, -0.2) is 0 Å². The van der Waals surface area contributed by atoms with Gasteiger partial charge >= 0.3 is 0 Å². The lowest BCUT2D eigenvalue weighted by Gasteiger charge is -2.33. The molecule has 0 aliphatic carbocycles. The largest absolute Gasteiger partial charge is 0.299 e. The molecule has 2 aromatic rings. The van der Waals surface area contributed by atoms with Crippen molar-refractivity contribution in [1.29, 1.82) is 0 Å². The van der Waals surface area contributed by atoms with Crippen molar-refractivity contribution in [1.82, 2.24) is 20.1 Å². The molecule has 174 valence electrons. The Balaban J connectivity index is 1.26. The second-order valence-corrected chi connectivity index (χ2v) is 10.3. The summed E-state index contributed by atoms with van der Waals surface area (Å²) in [5, 5.41) is 3.46. The van der Waals surface area contributed by atoms with Gasteiger partial charge in [0.25, 0.3) is 0 Å². The molecule has 1 N–H and O–H groups in total. The standard InChI is InChI=1S/C24H26Cl2N4O2S/c25-18-6-9-27-22(21(18)26)14-7-10-29(11-8-14)12-15-2-1-3-16-17(15)13-30(24(16)33)19-4-5-20(31)28-23(19)32/h1-3,6,9,14,19,24,33H,4-5,7-8,10-13H2,(H,28,31,32). The molecule has 2 fully saturated rings. The van der Waals surface area contributed by atoms with E-state index in [9.17, 15) is 9.59 Å². The van der Waals surface area contributed by atoms with E-state index in [4.69, 9.17) is 35.8 Å². The van der Waals surface area contributed by atoms with Gasteiger partial charge in [0.15, 0.2) is 0 Å². The quantitative estimate of drug-likeness (QED) is 0.479. The first kappa shape index (κ1) is 23.1. The van der Waals surface area contributed by atoms with E-state index in [1.54, 1.807) is 12.3 Å². The Morgan fingerprint density at radius 1 is 1.12 bits per heavy atom. The highest BCUT2D eigenvalue weighted by Gasteiger charge is 2.39. The number of benzene rings is 1. The first-order valence-electron chi connectivity index (χ1n) is 11.3. The van der Waals surface area contributed by atoms with Crippen molar-refractivity contribution in [2.45, 2.75) is 56.1 Å². The number of imide groups is 1. The Kier molecular flexibility index (Phi) is 6.69. The third kappa shape index (κ3) is 4.54. The lowest BCUT2D eigenvalue weighted by Crippen LogP contribution is -2.51. The molecule has 0 spiro atoms. The van der Waals surface area contributed by atoms with Crippen LogP contribution in [0.15, 0.2) is 30.5 Å². The molecule has 2 amide bonds. The maximum absolute atomic E-state index is 12.4. The van der Waals surface area contributed by atoms with Crippen molar-refractivity contribution >= 4 is 47.6 Å². The number of aromatic nitrogens is 1. The van der Waals surface area contributed by atoms with Crippen LogP contribution in [0.25, 0.3) is 0 Å². The molecule has 5 rings (SSSR count). The van der Waals surface area contributed by atoms with Crippen molar-refractivity contribution in [3.63, 3.8) is 0 Å². The lowest BCUT2D eigenvalue weighted by molar-refractivity contribution is -0.137. The monoisotopic (exact) mass is 504 g/mol.